The average molecular weight is 281 g/mol. The third-order valence-electron chi connectivity index (χ3n) is 3.05. The van der Waals surface area contributed by atoms with Crippen LogP contribution in [0.1, 0.15) is 26.2 Å². The molecular weight excluding hydrogens is 267 g/mol. The lowest BCUT2D eigenvalue weighted by atomic mass is 10.0. The number of amides is 2. The monoisotopic (exact) mass is 281 g/mol. The van der Waals surface area contributed by atoms with Gasteiger partial charge in [0.2, 0.25) is 11.8 Å². The zero-order chi connectivity index (χ0) is 14.8. The predicted molar refractivity (Wildman–Crippen MR) is 56.9 cm³/mol. The minimum absolute atomic E-state index is 0.00551. The van der Waals surface area contributed by atoms with Gasteiger partial charge < -0.3 is 5.11 Å². The second-order valence-electron chi connectivity index (χ2n) is 4.61. The van der Waals surface area contributed by atoms with Gasteiger partial charge in [-0.15, -0.1) is 0 Å². The molecule has 0 spiro atoms. The van der Waals surface area contributed by atoms with Crippen LogP contribution in [-0.2, 0) is 14.4 Å². The van der Waals surface area contributed by atoms with Gasteiger partial charge in [-0.05, 0) is 6.42 Å². The second kappa shape index (κ2) is 5.58. The van der Waals surface area contributed by atoms with Gasteiger partial charge in [-0.1, -0.05) is 6.92 Å². The van der Waals surface area contributed by atoms with Crippen LogP contribution >= 0.6 is 0 Å². The van der Waals surface area contributed by atoms with E-state index in [0.29, 0.717) is 0 Å². The van der Waals surface area contributed by atoms with Crippen molar-refractivity contribution in [3.05, 3.63) is 0 Å². The molecule has 1 aliphatic heterocycles. The van der Waals surface area contributed by atoms with E-state index in [-0.39, 0.29) is 13.0 Å². The van der Waals surface area contributed by atoms with Crippen molar-refractivity contribution in [2.24, 2.45) is 11.8 Å². The molecule has 2 atom stereocenters. The van der Waals surface area contributed by atoms with Crippen molar-refractivity contribution in [3.8, 4) is 0 Å². The van der Waals surface area contributed by atoms with Crippen LogP contribution in [0.3, 0.4) is 0 Å². The van der Waals surface area contributed by atoms with Gasteiger partial charge >= 0.3 is 12.1 Å². The summed E-state index contributed by atoms with van der Waals surface area (Å²) < 4.78 is 37.7. The van der Waals surface area contributed by atoms with Crippen molar-refractivity contribution in [1.29, 1.82) is 0 Å². The summed E-state index contributed by atoms with van der Waals surface area (Å²) in [5.74, 6) is -5.14. The number of carbonyl (C=O) groups excluding carboxylic acids is 2. The van der Waals surface area contributed by atoms with E-state index in [2.05, 4.69) is 0 Å². The van der Waals surface area contributed by atoms with Crippen LogP contribution in [0.25, 0.3) is 0 Å². The molecule has 2 unspecified atom stereocenters. The molecule has 0 aromatic heterocycles. The van der Waals surface area contributed by atoms with E-state index in [1.54, 1.807) is 0 Å². The Morgan fingerprint density at radius 1 is 1.47 bits per heavy atom. The predicted octanol–water partition coefficient (Wildman–Crippen LogP) is 1.42. The second-order valence-corrected chi connectivity index (χ2v) is 4.61. The first-order chi connectivity index (χ1) is 8.62. The fourth-order valence-electron chi connectivity index (χ4n) is 1.96. The van der Waals surface area contributed by atoms with E-state index in [0.717, 1.165) is 4.90 Å². The van der Waals surface area contributed by atoms with E-state index in [9.17, 15) is 27.6 Å². The zero-order valence-electron chi connectivity index (χ0n) is 10.2. The highest BCUT2D eigenvalue weighted by atomic mass is 19.4. The van der Waals surface area contributed by atoms with Gasteiger partial charge in [-0.3, -0.25) is 19.3 Å². The maximum atomic E-state index is 12.6. The highest BCUT2D eigenvalue weighted by Gasteiger charge is 2.42. The molecule has 1 rings (SSSR count). The Labute approximate surface area is 107 Å². The van der Waals surface area contributed by atoms with Crippen LogP contribution in [0.2, 0.25) is 0 Å². The van der Waals surface area contributed by atoms with Gasteiger partial charge in [0.25, 0.3) is 0 Å². The Kier molecular flexibility index (Phi) is 4.54. The van der Waals surface area contributed by atoms with E-state index >= 15 is 0 Å². The van der Waals surface area contributed by atoms with Crippen LogP contribution in [0.15, 0.2) is 0 Å². The average Bonchev–Trinajstić information content (AvgIpc) is 2.47. The normalized spacial score (nSPS) is 21.9. The summed E-state index contributed by atoms with van der Waals surface area (Å²) in [6, 6.07) is 0. The van der Waals surface area contributed by atoms with E-state index in [4.69, 9.17) is 5.11 Å². The molecule has 5 nitrogen and oxygen atoms in total. The topological polar surface area (TPSA) is 74.7 Å². The molecule has 0 saturated carbocycles. The van der Waals surface area contributed by atoms with E-state index < -0.39 is 48.6 Å². The molecule has 0 bridgehead atoms. The molecule has 0 radical (unpaired) electrons. The van der Waals surface area contributed by atoms with Crippen molar-refractivity contribution in [2.45, 2.75) is 32.4 Å². The maximum Gasteiger partial charge on any atom is 0.392 e. The van der Waals surface area contributed by atoms with E-state index in [1.165, 1.54) is 6.92 Å². The van der Waals surface area contributed by atoms with Crippen molar-refractivity contribution < 1.29 is 32.7 Å². The zero-order valence-corrected chi connectivity index (χ0v) is 10.2. The Morgan fingerprint density at radius 2 is 2.05 bits per heavy atom. The van der Waals surface area contributed by atoms with E-state index in [1.807, 2.05) is 0 Å². The fraction of sp³-hybridized carbons (Fsp3) is 0.727. The van der Waals surface area contributed by atoms with Gasteiger partial charge in [0.05, 0.1) is 12.3 Å². The first-order valence-corrected chi connectivity index (χ1v) is 5.75. The summed E-state index contributed by atoms with van der Waals surface area (Å²) in [7, 11) is 0. The summed E-state index contributed by atoms with van der Waals surface area (Å²) in [6.45, 7) is 1.14. The van der Waals surface area contributed by atoms with Gasteiger partial charge in [-0.2, -0.15) is 13.2 Å². The summed E-state index contributed by atoms with van der Waals surface area (Å²) in [5, 5.41) is 8.44. The van der Waals surface area contributed by atoms with Crippen molar-refractivity contribution >= 4 is 17.8 Å². The summed E-state index contributed by atoms with van der Waals surface area (Å²) >= 11 is 0. The summed E-state index contributed by atoms with van der Waals surface area (Å²) in [6.07, 6.45) is -6.31. The SMILES string of the molecule is CC1CC(=O)N(CCC(CC(=O)O)C(F)(F)F)C1=O. The maximum absolute atomic E-state index is 12.6. The third kappa shape index (κ3) is 3.93. The quantitative estimate of drug-likeness (QED) is 0.773. The standard InChI is InChI=1S/C11H14F3NO4/c1-6-4-8(16)15(10(6)19)3-2-7(5-9(17)18)11(12,13)14/h6-7H,2-5H2,1H3,(H,17,18). The summed E-state index contributed by atoms with van der Waals surface area (Å²) in [5.41, 5.74) is 0. The largest absolute Gasteiger partial charge is 0.481 e. The number of rotatable bonds is 5. The highest BCUT2D eigenvalue weighted by Crippen LogP contribution is 2.32. The number of nitrogens with zero attached hydrogens (tertiary/aromatic N) is 1. The number of carboxylic acid groups (broad SMARTS) is 1. The molecule has 1 saturated heterocycles. The number of carboxylic acids is 1. The van der Waals surface area contributed by atoms with Gasteiger partial charge in [-0.25, -0.2) is 0 Å². The Hall–Kier alpha value is -1.60. The molecule has 0 aromatic rings. The molecule has 0 aliphatic carbocycles. The highest BCUT2D eigenvalue weighted by molar-refractivity contribution is 6.03. The molecule has 19 heavy (non-hydrogen) atoms. The number of carbonyl (C=O) groups is 3. The van der Waals surface area contributed by atoms with Crippen LogP contribution in [0.4, 0.5) is 13.2 Å². The molecule has 1 aliphatic rings. The first kappa shape index (κ1) is 15.5. The van der Waals surface area contributed by atoms with Crippen LogP contribution in [0, 0.1) is 11.8 Å². The van der Waals surface area contributed by atoms with Crippen LogP contribution in [-0.4, -0.2) is 40.5 Å². The Balaban J connectivity index is 2.64. The van der Waals surface area contributed by atoms with Gasteiger partial charge in [0.15, 0.2) is 0 Å². The van der Waals surface area contributed by atoms with Crippen LogP contribution < -0.4 is 0 Å². The molecule has 0 aromatic carbocycles. The molecule has 108 valence electrons. The van der Waals surface area contributed by atoms with Crippen molar-refractivity contribution in [3.63, 3.8) is 0 Å². The number of imide groups is 1. The number of halogens is 3. The lowest BCUT2D eigenvalue weighted by Gasteiger charge is -2.21. The fourth-order valence-corrected chi connectivity index (χ4v) is 1.96. The minimum atomic E-state index is -4.66. The lowest BCUT2D eigenvalue weighted by Crippen LogP contribution is -2.35. The molecule has 2 amide bonds. The molecule has 1 heterocycles. The number of likely N-dealkylation sites (tertiary alicyclic amines) is 1. The van der Waals surface area contributed by atoms with Crippen molar-refractivity contribution in [1.82, 2.24) is 4.90 Å². The number of alkyl halides is 3. The van der Waals surface area contributed by atoms with Gasteiger partial charge in [0.1, 0.15) is 0 Å². The number of hydrogen-bond acceptors (Lipinski definition) is 3. The smallest absolute Gasteiger partial charge is 0.392 e. The van der Waals surface area contributed by atoms with Gasteiger partial charge in [0, 0.05) is 18.9 Å². The number of aliphatic carboxylic acids is 1. The lowest BCUT2D eigenvalue weighted by molar-refractivity contribution is -0.185. The molecule has 1 fully saturated rings. The van der Waals surface area contributed by atoms with Crippen LogP contribution in [0.5, 0.6) is 0 Å². The molecule has 1 N–H and O–H groups in total. The summed E-state index contributed by atoms with van der Waals surface area (Å²) in [4.78, 5) is 34.1. The third-order valence-corrected chi connectivity index (χ3v) is 3.05. The van der Waals surface area contributed by atoms with Crippen molar-refractivity contribution in [2.75, 3.05) is 6.54 Å². The minimum Gasteiger partial charge on any atom is -0.481 e. The first-order valence-electron chi connectivity index (χ1n) is 5.75. The number of hydrogen-bond donors (Lipinski definition) is 1. The Morgan fingerprint density at radius 3 is 2.42 bits per heavy atom. The molecular formula is C11H14F3NO4. The molecule has 8 heteroatoms. The Bertz CT molecular complexity index is 394.